The van der Waals surface area contributed by atoms with Crippen LogP contribution >= 0.6 is 0 Å². The Hall–Kier alpha value is -3.68. The largest absolute Gasteiger partial charge is 0.484 e. The van der Waals surface area contributed by atoms with Gasteiger partial charge in [0, 0.05) is 5.56 Å². The fourth-order valence-electron chi connectivity index (χ4n) is 2.01. The van der Waals surface area contributed by atoms with Crippen LogP contribution in [-0.2, 0) is 6.61 Å². The summed E-state index contributed by atoms with van der Waals surface area (Å²) in [5.74, 6) is 1.48. The number of hydrogen-bond acceptors (Lipinski definition) is 6. The smallest absolute Gasteiger partial charge is 0.264 e. The molecule has 1 heterocycles. The van der Waals surface area contributed by atoms with Gasteiger partial charge in [-0.3, -0.25) is 0 Å². The summed E-state index contributed by atoms with van der Waals surface area (Å²) >= 11 is 0. The van der Waals surface area contributed by atoms with Crippen LogP contribution in [0.3, 0.4) is 0 Å². The molecule has 0 atom stereocenters. The van der Waals surface area contributed by atoms with Gasteiger partial charge in [0.15, 0.2) is 6.61 Å². The summed E-state index contributed by atoms with van der Waals surface area (Å²) in [6, 6.07) is 16.8. The highest BCUT2D eigenvalue weighted by Crippen LogP contribution is 2.18. The van der Waals surface area contributed by atoms with Crippen LogP contribution in [0.2, 0.25) is 0 Å². The van der Waals surface area contributed by atoms with E-state index in [0.29, 0.717) is 11.7 Å². The molecule has 8 nitrogen and oxygen atoms in total. The zero-order chi connectivity index (χ0) is 17.5. The summed E-state index contributed by atoms with van der Waals surface area (Å²) in [6.45, 7) is 0.197. The molecular formula is C17H16N6O2. The number of nitrogens with zero attached hydrogens (tertiary/aromatic N) is 4. The lowest BCUT2D eigenvalue weighted by molar-refractivity contribution is 0.243. The Bertz CT molecular complexity index is 885. The summed E-state index contributed by atoms with van der Waals surface area (Å²) in [4.78, 5) is 4.33. The fraction of sp³-hybridized carbons (Fsp3) is 0.0588. The average molecular weight is 336 g/mol. The summed E-state index contributed by atoms with van der Waals surface area (Å²) in [5.41, 5.74) is 12.0. The van der Waals surface area contributed by atoms with Crippen LogP contribution in [0.25, 0.3) is 11.4 Å². The highest BCUT2D eigenvalue weighted by atomic mass is 16.5. The lowest BCUT2D eigenvalue weighted by atomic mass is 10.1. The van der Waals surface area contributed by atoms with Crippen molar-refractivity contribution in [1.82, 2.24) is 10.1 Å². The van der Waals surface area contributed by atoms with E-state index >= 15 is 0 Å². The SMILES string of the molecule is NC(N)=NN=Cc1cccc(-c2noc(COc3ccccc3)n2)c1. The average Bonchev–Trinajstić information content (AvgIpc) is 3.10. The molecule has 0 saturated heterocycles. The molecular weight excluding hydrogens is 320 g/mol. The van der Waals surface area contributed by atoms with Gasteiger partial charge in [-0.25, -0.2) is 0 Å². The number of benzene rings is 2. The molecule has 126 valence electrons. The summed E-state index contributed by atoms with van der Waals surface area (Å²) < 4.78 is 10.8. The zero-order valence-electron chi connectivity index (χ0n) is 13.2. The van der Waals surface area contributed by atoms with Crippen LogP contribution in [0.1, 0.15) is 11.5 Å². The van der Waals surface area contributed by atoms with Crippen LogP contribution in [0.15, 0.2) is 69.3 Å². The van der Waals surface area contributed by atoms with Crippen molar-refractivity contribution in [2.45, 2.75) is 6.61 Å². The molecule has 0 aliphatic rings. The monoisotopic (exact) mass is 336 g/mol. The van der Waals surface area contributed by atoms with Crippen molar-refractivity contribution in [3.8, 4) is 17.1 Å². The topological polar surface area (TPSA) is 125 Å². The maximum absolute atomic E-state index is 5.58. The van der Waals surface area contributed by atoms with E-state index in [1.165, 1.54) is 6.21 Å². The first-order valence-electron chi connectivity index (χ1n) is 7.43. The summed E-state index contributed by atoms with van der Waals surface area (Å²) in [5, 5.41) is 11.3. The molecule has 0 amide bonds. The Morgan fingerprint density at radius 3 is 2.76 bits per heavy atom. The predicted octanol–water partition coefficient (Wildman–Crippen LogP) is 1.92. The molecule has 0 fully saturated rings. The van der Waals surface area contributed by atoms with Crippen molar-refractivity contribution in [2.24, 2.45) is 21.7 Å². The second kappa shape index (κ2) is 7.73. The van der Waals surface area contributed by atoms with E-state index in [1.54, 1.807) is 0 Å². The third-order valence-corrected chi connectivity index (χ3v) is 3.10. The number of para-hydroxylation sites is 1. The highest BCUT2D eigenvalue weighted by Gasteiger charge is 2.09. The molecule has 0 radical (unpaired) electrons. The minimum Gasteiger partial charge on any atom is -0.484 e. The van der Waals surface area contributed by atoms with Gasteiger partial charge >= 0.3 is 0 Å². The van der Waals surface area contributed by atoms with Gasteiger partial charge in [0.2, 0.25) is 11.8 Å². The number of nitrogens with two attached hydrogens (primary N) is 2. The van der Waals surface area contributed by atoms with Crippen molar-refractivity contribution in [2.75, 3.05) is 0 Å². The van der Waals surface area contributed by atoms with Crippen molar-refractivity contribution in [1.29, 1.82) is 0 Å². The van der Waals surface area contributed by atoms with E-state index in [9.17, 15) is 0 Å². The molecule has 0 aliphatic carbocycles. The van der Waals surface area contributed by atoms with E-state index < -0.39 is 0 Å². The van der Waals surface area contributed by atoms with Crippen LogP contribution in [-0.4, -0.2) is 22.3 Å². The zero-order valence-corrected chi connectivity index (χ0v) is 13.2. The van der Waals surface area contributed by atoms with Gasteiger partial charge in [-0.05, 0) is 23.8 Å². The van der Waals surface area contributed by atoms with Crippen molar-refractivity contribution < 1.29 is 9.26 Å². The molecule has 25 heavy (non-hydrogen) atoms. The normalized spacial score (nSPS) is 10.7. The van der Waals surface area contributed by atoms with Gasteiger partial charge < -0.3 is 20.7 Å². The molecule has 3 aromatic rings. The molecule has 4 N–H and O–H groups in total. The van der Waals surface area contributed by atoms with Crippen LogP contribution in [0.5, 0.6) is 5.75 Å². The van der Waals surface area contributed by atoms with Crippen molar-refractivity contribution in [3.05, 3.63) is 66.1 Å². The Morgan fingerprint density at radius 2 is 1.96 bits per heavy atom. The quantitative estimate of drug-likeness (QED) is 0.402. The first kappa shape index (κ1) is 16.2. The molecule has 0 saturated carbocycles. The predicted molar refractivity (Wildman–Crippen MR) is 93.9 cm³/mol. The van der Waals surface area contributed by atoms with Crippen LogP contribution in [0.4, 0.5) is 0 Å². The second-order valence-corrected chi connectivity index (χ2v) is 5.01. The van der Waals surface area contributed by atoms with E-state index in [2.05, 4.69) is 20.3 Å². The molecule has 0 spiro atoms. The number of aromatic nitrogens is 2. The molecule has 3 rings (SSSR count). The summed E-state index contributed by atoms with van der Waals surface area (Å²) in [6.07, 6.45) is 1.53. The van der Waals surface area contributed by atoms with Gasteiger partial charge in [-0.15, -0.1) is 5.10 Å². The molecule has 0 bridgehead atoms. The standard InChI is InChI=1S/C17H16N6O2/c18-17(19)22-20-10-12-5-4-6-13(9-12)16-21-15(25-23-16)11-24-14-7-2-1-3-8-14/h1-10H,11H2,(H4,18,19,22). The van der Waals surface area contributed by atoms with Crippen LogP contribution < -0.4 is 16.2 Å². The van der Waals surface area contributed by atoms with Crippen molar-refractivity contribution in [3.63, 3.8) is 0 Å². The second-order valence-electron chi connectivity index (χ2n) is 5.01. The number of guanidine groups is 1. The Labute approximate surface area is 143 Å². The van der Waals surface area contributed by atoms with Gasteiger partial charge in [0.1, 0.15) is 5.75 Å². The molecule has 1 aromatic heterocycles. The molecule has 0 aliphatic heterocycles. The van der Waals surface area contributed by atoms with E-state index in [4.69, 9.17) is 20.7 Å². The first-order chi connectivity index (χ1) is 12.2. The molecule has 2 aromatic carbocycles. The Balaban J connectivity index is 1.69. The number of hydrogen-bond donors (Lipinski definition) is 2. The molecule has 0 unspecified atom stereocenters. The Kier molecular flexibility index (Phi) is 5.01. The van der Waals surface area contributed by atoms with Gasteiger partial charge in [0.05, 0.1) is 6.21 Å². The third kappa shape index (κ3) is 4.64. The minimum atomic E-state index is -0.103. The highest BCUT2D eigenvalue weighted by molar-refractivity contribution is 5.83. The Morgan fingerprint density at radius 1 is 1.12 bits per heavy atom. The lowest BCUT2D eigenvalue weighted by Gasteiger charge is -2.01. The van der Waals surface area contributed by atoms with Gasteiger partial charge in [-0.1, -0.05) is 41.6 Å². The molecule has 8 heteroatoms. The minimum absolute atomic E-state index is 0.103. The van der Waals surface area contributed by atoms with E-state index in [0.717, 1.165) is 16.9 Å². The summed E-state index contributed by atoms with van der Waals surface area (Å²) in [7, 11) is 0. The maximum atomic E-state index is 5.58. The van der Waals surface area contributed by atoms with Crippen LogP contribution in [0, 0.1) is 0 Å². The fourth-order valence-corrected chi connectivity index (χ4v) is 2.01. The maximum Gasteiger partial charge on any atom is 0.264 e. The van der Waals surface area contributed by atoms with Gasteiger partial charge in [-0.2, -0.15) is 10.1 Å². The third-order valence-electron chi connectivity index (χ3n) is 3.10. The number of ether oxygens (including phenoxy) is 1. The lowest BCUT2D eigenvalue weighted by Crippen LogP contribution is -2.21. The van der Waals surface area contributed by atoms with E-state index in [1.807, 2.05) is 54.6 Å². The first-order valence-corrected chi connectivity index (χ1v) is 7.43. The van der Waals surface area contributed by atoms with E-state index in [-0.39, 0.29) is 12.6 Å². The van der Waals surface area contributed by atoms with Gasteiger partial charge in [0.25, 0.3) is 5.89 Å². The van der Waals surface area contributed by atoms with Crippen molar-refractivity contribution >= 4 is 12.2 Å². The number of rotatable bonds is 6.